The van der Waals surface area contributed by atoms with Crippen molar-refractivity contribution in [2.75, 3.05) is 13.1 Å². The van der Waals surface area contributed by atoms with Crippen LogP contribution < -0.4 is 5.32 Å². The molecular formula is C15H25N. The lowest BCUT2D eigenvalue weighted by Crippen LogP contribution is -2.27. The third kappa shape index (κ3) is 4.36. The zero-order valence-corrected chi connectivity index (χ0v) is 11.0. The maximum atomic E-state index is 3.56. The molecule has 1 N–H and O–H groups in total. The minimum absolute atomic E-state index is 0.625. The fourth-order valence-corrected chi connectivity index (χ4v) is 1.97. The molecule has 16 heavy (non-hydrogen) atoms. The van der Waals surface area contributed by atoms with Gasteiger partial charge in [-0.3, -0.25) is 0 Å². The van der Waals surface area contributed by atoms with Crippen molar-refractivity contribution in [2.45, 2.75) is 33.6 Å². The van der Waals surface area contributed by atoms with Gasteiger partial charge in [0.05, 0.1) is 0 Å². The zero-order chi connectivity index (χ0) is 12.0. The summed E-state index contributed by atoms with van der Waals surface area (Å²) in [7, 11) is 0. The standard InChI is InChI=1S/C15H25N/c1-12(2)10-16-11-15(13(3)4)14-8-6-5-7-9-14/h5-9,12-13,15-16H,10-11H2,1-4H3. The van der Waals surface area contributed by atoms with Gasteiger partial charge in [-0.1, -0.05) is 58.0 Å². The van der Waals surface area contributed by atoms with Gasteiger partial charge >= 0.3 is 0 Å². The average molecular weight is 219 g/mol. The van der Waals surface area contributed by atoms with Gasteiger partial charge in [0.15, 0.2) is 0 Å². The highest BCUT2D eigenvalue weighted by Crippen LogP contribution is 2.23. The normalized spacial score (nSPS) is 13.4. The highest BCUT2D eigenvalue weighted by atomic mass is 14.9. The van der Waals surface area contributed by atoms with Gasteiger partial charge in [0, 0.05) is 6.54 Å². The SMILES string of the molecule is CC(C)CNCC(c1ccccc1)C(C)C. The quantitative estimate of drug-likeness (QED) is 0.769. The van der Waals surface area contributed by atoms with Crippen LogP contribution in [-0.4, -0.2) is 13.1 Å². The van der Waals surface area contributed by atoms with E-state index in [0.717, 1.165) is 19.0 Å². The predicted molar refractivity (Wildman–Crippen MR) is 71.7 cm³/mol. The molecule has 0 spiro atoms. The summed E-state index contributed by atoms with van der Waals surface area (Å²) in [4.78, 5) is 0. The van der Waals surface area contributed by atoms with Crippen LogP contribution in [0, 0.1) is 11.8 Å². The van der Waals surface area contributed by atoms with Crippen molar-refractivity contribution in [2.24, 2.45) is 11.8 Å². The summed E-state index contributed by atoms with van der Waals surface area (Å²) in [5.41, 5.74) is 1.45. The molecule has 0 aliphatic heterocycles. The molecule has 0 fully saturated rings. The topological polar surface area (TPSA) is 12.0 Å². The summed E-state index contributed by atoms with van der Waals surface area (Å²) in [6, 6.07) is 10.8. The molecule has 0 radical (unpaired) electrons. The van der Waals surface area contributed by atoms with Crippen molar-refractivity contribution in [3.8, 4) is 0 Å². The van der Waals surface area contributed by atoms with Gasteiger partial charge in [-0.2, -0.15) is 0 Å². The Morgan fingerprint density at radius 1 is 0.938 bits per heavy atom. The summed E-state index contributed by atoms with van der Waals surface area (Å²) in [5, 5.41) is 3.56. The Labute approximate surface area is 100 Å². The fourth-order valence-electron chi connectivity index (χ4n) is 1.97. The molecule has 0 aromatic heterocycles. The monoisotopic (exact) mass is 219 g/mol. The third-order valence-corrected chi connectivity index (χ3v) is 2.95. The van der Waals surface area contributed by atoms with Gasteiger partial charge in [-0.15, -0.1) is 0 Å². The number of rotatable bonds is 6. The number of hydrogen-bond acceptors (Lipinski definition) is 1. The summed E-state index contributed by atoms with van der Waals surface area (Å²) in [6.07, 6.45) is 0. The van der Waals surface area contributed by atoms with Crippen LogP contribution in [0.1, 0.15) is 39.2 Å². The minimum atomic E-state index is 0.625. The lowest BCUT2D eigenvalue weighted by molar-refractivity contribution is 0.442. The molecule has 1 unspecified atom stereocenters. The van der Waals surface area contributed by atoms with E-state index in [2.05, 4.69) is 63.3 Å². The second kappa shape index (κ2) is 6.70. The van der Waals surface area contributed by atoms with E-state index in [4.69, 9.17) is 0 Å². The fraction of sp³-hybridized carbons (Fsp3) is 0.600. The van der Waals surface area contributed by atoms with Crippen LogP contribution in [0.2, 0.25) is 0 Å². The van der Waals surface area contributed by atoms with Crippen molar-refractivity contribution in [3.05, 3.63) is 35.9 Å². The second-order valence-corrected chi connectivity index (χ2v) is 5.31. The van der Waals surface area contributed by atoms with Crippen molar-refractivity contribution in [3.63, 3.8) is 0 Å². The van der Waals surface area contributed by atoms with Gasteiger partial charge < -0.3 is 5.32 Å². The van der Waals surface area contributed by atoms with Crippen molar-refractivity contribution < 1.29 is 0 Å². The number of nitrogens with one attached hydrogen (secondary N) is 1. The number of hydrogen-bond donors (Lipinski definition) is 1. The van der Waals surface area contributed by atoms with Crippen LogP contribution in [0.3, 0.4) is 0 Å². The highest BCUT2D eigenvalue weighted by Gasteiger charge is 2.14. The molecule has 0 heterocycles. The molecule has 0 aliphatic rings. The first-order valence-corrected chi connectivity index (χ1v) is 6.37. The van der Waals surface area contributed by atoms with E-state index < -0.39 is 0 Å². The molecule has 0 aliphatic carbocycles. The third-order valence-electron chi connectivity index (χ3n) is 2.95. The van der Waals surface area contributed by atoms with Gasteiger partial charge in [-0.05, 0) is 29.9 Å². The van der Waals surface area contributed by atoms with Gasteiger partial charge in [0.2, 0.25) is 0 Å². The molecule has 1 aromatic rings. The summed E-state index contributed by atoms with van der Waals surface area (Å²) in [5.74, 6) is 2.03. The van der Waals surface area contributed by atoms with Crippen molar-refractivity contribution in [1.82, 2.24) is 5.32 Å². The maximum absolute atomic E-state index is 3.56. The summed E-state index contributed by atoms with van der Waals surface area (Å²) < 4.78 is 0. The first kappa shape index (κ1) is 13.2. The first-order valence-electron chi connectivity index (χ1n) is 6.37. The molecule has 1 aromatic carbocycles. The zero-order valence-electron chi connectivity index (χ0n) is 11.0. The van der Waals surface area contributed by atoms with Gasteiger partial charge in [0.25, 0.3) is 0 Å². The largest absolute Gasteiger partial charge is 0.316 e. The van der Waals surface area contributed by atoms with E-state index in [1.165, 1.54) is 5.56 Å². The van der Waals surface area contributed by atoms with Gasteiger partial charge in [0.1, 0.15) is 0 Å². The minimum Gasteiger partial charge on any atom is -0.316 e. The smallest absolute Gasteiger partial charge is 0.00227 e. The molecule has 0 amide bonds. The van der Waals surface area contributed by atoms with E-state index in [0.29, 0.717) is 11.8 Å². The Morgan fingerprint density at radius 2 is 1.56 bits per heavy atom. The Morgan fingerprint density at radius 3 is 2.06 bits per heavy atom. The molecule has 1 atom stereocenters. The predicted octanol–water partition coefficient (Wildman–Crippen LogP) is 3.67. The Hall–Kier alpha value is -0.820. The van der Waals surface area contributed by atoms with Gasteiger partial charge in [-0.25, -0.2) is 0 Å². The molecule has 1 nitrogen and oxygen atoms in total. The van der Waals surface area contributed by atoms with E-state index in [-0.39, 0.29) is 0 Å². The summed E-state index contributed by atoms with van der Waals surface area (Å²) >= 11 is 0. The van der Waals surface area contributed by atoms with E-state index >= 15 is 0 Å². The molecule has 1 heteroatoms. The molecule has 0 saturated carbocycles. The van der Waals surface area contributed by atoms with Crippen LogP contribution in [-0.2, 0) is 0 Å². The molecule has 90 valence electrons. The first-order chi connectivity index (χ1) is 7.61. The lowest BCUT2D eigenvalue weighted by Gasteiger charge is -2.22. The average Bonchev–Trinajstić information content (AvgIpc) is 2.25. The molecule has 1 rings (SSSR count). The molecule has 0 saturated heterocycles. The molecule has 0 bridgehead atoms. The van der Waals surface area contributed by atoms with E-state index in [1.54, 1.807) is 0 Å². The van der Waals surface area contributed by atoms with Crippen molar-refractivity contribution >= 4 is 0 Å². The van der Waals surface area contributed by atoms with E-state index in [1.807, 2.05) is 0 Å². The summed E-state index contributed by atoms with van der Waals surface area (Å²) in [6.45, 7) is 11.3. The number of benzene rings is 1. The Kier molecular flexibility index (Phi) is 5.54. The van der Waals surface area contributed by atoms with Crippen LogP contribution >= 0.6 is 0 Å². The van der Waals surface area contributed by atoms with Crippen LogP contribution in [0.5, 0.6) is 0 Å². The van der Waals surface area contributed by atoms with E-state index in [9.17, 15) is 0 Å². The van der Waals surface area contributed by atoms with Crippen LogP contribution in [0.15, 0.2) is 30.3 Å². The van der Waals surface area contributed by atoms with Crippen molar-refractivity contribution in [1.29, 1.82) is 0 Å². The Bertz CT molecular complexity index is 277. The van der Waals surface area contributed by atoms with Crippen LogP contribution in [0.25, 0.3) is 0 Å². The second-order valence-electron chi connectivity index (χ2n) is 5.31. The Balaban J connectivity index is 2.55. The maximum Gasteiger partial charge on any atom is 0.00227 e. The highest BCUT2D eigenvalue weighted by molar-refractivity contribution is 5.20. The molecular weight excluding hydrogens is 194 g/mol. The lowest BCUT2D eigenvalue weighted by atomic mass is 9.88. The van der Waals surface area contributed by atoms with Crippen LogP contribution in [0.4, 0.5) is 0 Å².